The van der Waals surface area contributed by atoms with Crippen molar-refractivity contribution in [1.29, 1.82) is 0 Å². The molecule has 2 N–H and O–H groups in total. The van der Waals surface area contributed by atoms with Crippen LogP contribution in [0.25, 0.3) is 0 Å². The van der Waals surface area contributed by atoms with Crippen molar-refractivity contribution in [2.45, 2.75) is 13.8 Å². The summed E-state index contributed by atoms with van der Waals surface area (Å²) in [7, 11) is 0. The average molecular weight is 394 g/mol. The number of rotatable bonds is 5. The molecule has 2 aromatic rings. The molecule has 152 valence electrons. The molecule has 0 aliphatic carbocycles. The molecule has 0 radical (unpaired) electrons. The van der Waals surface area contributed by atoms with Gasteiger partial charge in [-0.05, 0) is 49.0 Å². The molecule has 7 nitrogen and oxygen atoms in total. The Hall–Kier alpha value is -3.19. The summed E-state index contributed by atoms with van der Waals surface area (Å²) in [6.45, 7) is 7.69. The van der Waals surface area contributed by atoms with Gasteiger partial charge in [0.1, 0.15) is 0 Å². The van der Waals surface area contributed by atoms with Crippen molar-refractivity contribution in [2.24, 2.45) is 0 Å². The van der Waals surface area contributed by atoms with E-state index >= 15 is 0 Å². The third-order valence-electron chi connectivity index (χ3n) is 4.94. The molecule has 0 spiro atoms. The summed E-state index contributed by atoms with van der Waals surface area (Å²) in [5.74, 6) is -0.489. The normalized spacial score (nSPS) is 14.3. The molecule has 0 bridgehead atoms. The average Bonchev–Trinajstić information content (AvgIpc) is 2.74. The number of carbonyl (C=O) groups excluding carboxylic acids is 3. The summed E-state index contributed by atoms with van der Waals surface area (Å²) >= 11 is 0. The first-order valence-electron chi connectivity index (χ1n) is 9.77. The predicted molar refractivity (Wildman–Crippen MR) is 113 cm³/mol. The molecule has 1 heterocycles. The molecule has 29 heavy (non-hydrogen) atoms. The number of anilines is 2. The SMILES string of the molecule is CCN1CCN(C(=O)c2cccc(C(=O)Nc3ccc(NC(C)=O)cc3)c2)CC1. The summed E-state index contributed by atoms with van der Waals surface area (Å²) in [6.07, 6.45) is 0. The van der Waals surface area contributed by atoms with Gasteiger partial charge in [0.25, 0.3) is 11.8 Å². The van der Waals surface area contributed by atoms with E-state index in [0.717, 1.165) is 19.6 Å². The Kier molecular flexibility index (Phi) is 6.61. The quantitative estimate of drug-likeness (QED) is 0.817. The zero-order valence-corrected chi connectivity index (χ0v) is 16.8. The summed E-state index contributed by atoms with van der Waals surface area (Å²) < 4.78 is 0. The van der Waals surface area contributed by atoms with Crippen molar-refractivity contribution < 1.29 is 14.4 Å². The van der Waals surface area contributed by atoms with E-state index in [-0.39, 0.29) is 17.7 Å². The van der Waals surface area contributed by atoms with E-state index in [1.54, 1.807) is 48.5 Å². The number of amides is 3. The zero-order chi connectivity index (χ0) is 20.8. The summed E-state index contributed by atoms with van der Waals surface area (Å²) in [5.41, 5.74) is 2.21. The van der Waals surface area contributed by atoms with Crippen LogP contribution in [0, 0.1) is 0 Å². The Morgan fingerprint density at radius 1 is 0.862 bits per heavy atom. The lowest BCUT2D eigenvalue weighted by Gasteiger charge is -2.34. The van der Waals surface area contributed by atoms with Crippen LogP contribution in [0.5, 0.6) is 0 Å². The van der Waals surface area contributed by atoms with Gasteiger partial charge in [0.15, 0.2) is 0 Å². The summed E-state index contributed by atoms with van der Waals surface area (Å²) in [4.78, 5) is 40.6. The standard InChI is InChI=1S/C22H26N4O3/c1-3-25-11-13-26(14-12-25)22(29)18-6-4-5-17(15-18)21(28)24-20-9-7-19(8-10-20)23-16(2)27/h4-10,15H,3,11-14H2,1-2H3,(H,23,27)(H,24,28). The van der Waals surface area contributed by atoms with Crippen LogP contribution in [-0.4, -0.2) is 60.2 Å². The van der Waals surface area contributed by atoms with Crippen molar-refractivity contribution in [1.82, 2.24) is 9.80 Å². The second kappa shape index (κ2) is 9.34. The fourth-order valence-corrected chi connectivity index (χ4v) is 3.29. The van der Waals surface area contributed by atoms with E-state index in [9.17, 15) is 14.4 Å². The molecule has 7 heteroatoms. The molecule has 0 saturated carbocycles. The molecular formula is C22H26N4O3. The molecule has 3 amide bonds. The highest BCUT2D eigenvalue weighted by Gasteiger charge is 2.22. The van der Waals surface area contributed by atoms with E-state index in [1.807, 2.05) is 4.90 Å². The van der Waals surface area contributed by atoms with Crippen molar-refractivity contribution in [3.8, 4) is 0 Å². The van der Waals surface area contributed by atoms with Crippen LogP contribution in [-0.2, 0) is 4.79 Å². The van der Waals surface area contributed by atoms with Crippen LogP contribution in [0.3, 0.4) is 0 Å². The largest absolute Gasteiger partial charge is 0.336 e. The van der Waals surface area contributed by atoms with Gasteiger partial charge >= 0.3 is 0 Å². The molecule has 0 atom stereocenters. The summed E-state index contributed by atoms with van der Waals surface area (Å²) in [6, 6.07) is 13.6. The minimum absolute atomic E-state index is 0.0462. The van der Waals surface area contributed by atoms with E-state index in [1.165, 1.54) is 6.92 Å². The van der Waals surface area contributed by atoms with E-state index in [0.29, 0.717) is 35.6 Å². The van der Waals surface area contributed by atoms with Crippen molar-refractivity contribution in [3.05, 3.63) is 59.7 Å². The van der Waals surface area contributed by atoms with E-state index < -0.39 is 0 Å². The number of hydrogen-bond donors (Lipinski definition) is 2. The topological polar surface area (TPSA) is 81.8 Å². The molecule has 1 aliphatic rings. The zero-order valence-electron chi connectivity index (χ0n) is 16.8. The first kappa shape index (κ1) is 20.5. The summed E-state index contributed by atoms with van der Waals surface area (Å²) in [5, 5.41) is 5.49. The number of carbonyl (C=O) groups is 3. The highest BCUT2D eigenvalue weighted by Crippen LogP contribution is 2.16. The molecule has 0 unspecified atom stereocenters. The lowest BCUT2D eigenvalue weighted by Crippen LogP contribution is -2.48. The Morgan fingerprint density at radius 2 is 1.45 bits per heavy atom. The van der Waals surface area contributed by atoms with Gasteiger partial charge in [-0.2, -0.15) is 0 Å². The van der Waals surface area contributed by atoms with Crippen molar-refractivity contribution in [3.63, 3.8) is 0 Å². The Labute approximate surface area is 170 Å². The fourth-order valence-electron chi connectivity index (χ4n) is 3.29. The Bertz CT molecular complexity index is 887. The minimum atomic E-state index is -0.289. The van der Waals surface area contributed by atoms with Crippen LogP contribution in [0.1, 0.15) is 34.6 Å². The number of hydrogen-bond acceptors (Lipinski definition) is 4. The van der Waals surface area contributed by atoms with E-state index in [2.05, 4.69) is 22.5 Å². The molecule has 0 aromatic heterocycles. The van der Waals surface area contributed by atoms with Crippen molar-refractivity contribution >= 4 is 29.1 Å². The third-order valence-corrected chi connectivity index (χ3v) is 4.94. The smallest absolute Gasteiger partial charge is 0.255 e. The molecule has 1 saturated heterocycles. The molecular weight excluding hydrogens is 368 g/mol. The van der Waals surface area contributed by atoms with Gasteiger partial charge in [0, 0.05) is 55.6 Å². The lowest BCUT2D eigenvalue weighted by molar-refractivity contribution is -0.114. The maximum atomic E-state index is 12.8. The first-order chi connectivity index (χ1) is 14.0. The molecule has 1 fully saturated rings. The van der Waals surface area contributed by atoms with E-state index in [4.69, 9.17) is 0 Å². The molecule has 3 rings (SSSR count). The highest BCUT2D eigenvalue weighted by molar-refractivity contribution is 6.06. The first-order valence-corrected chi connectivity index (χ1v) is 9.77. The van der Waals surface area contributed by atoms with Crippen LogP contribution < -0.4 is 10.6 Å². The minimum Gasteiger partial charge on any atom is -0.336 e. The number of nitrogens with one attached hydrogen (secondary N) is 2. The van der Waals surface area contributed by atoms with Gasteiger partial charge in [0.2, 0.25) is 5.91 Å². The van der Waals surface area contributed by atoms with Crippen molar-refractivity contribution in [2.75, 3.05) is 43.4 Å². The monoisotopic (exact) mass is 394 g/mol. The van der Waals surface area contributed by atoms with Crippen LogP contribution in [0.15, 0.2) is 48.5 Å². The maximum Gasteiger partial charge on any atom is 0.255 e. The Balaban J connectivity index is 1.64. The van der Waals surface area contributed by atoms with Crippen LogP contribution >= 0.6 is 0 Å². The maximum absolute atomic E-state index is 12.8. The number of likely N-dealkylation sites (N-methyl/N-ethyl adjacent to an activating group) is 1. The highest BCUT2D eigenvalue weighted by atomic mass is 16.2. The van der Waals surface area contributed by atoms with Gasteiger partial charge < -0.3 is 20.4 Å². The second-order valence-electron chi connectivity index (χ2n) is 7.02. The van der Waals surface area contributed by atoms with Gasteiger partial charge in [0.05, 0.1) is 0 Å². The number of benzene rings is 2. The number of nitrogens with zero attached hydrogens (tertiary/aromatic N) is 2. The predicted octanol–water partition coefficient (Wildman–Crippen LogP) is 2.68. The second-order valence-corrected chi connectivity index (χ2v) is 7.02. The molecule has 1 aliphatic heterocycles. The van der Waals surface area contributed by atoms with Gasteiger partial charge in [-0.1, -0.05) is 13.0 Å². The van der Waals surface area contributed by atoms with Crippen LogP contribution in [0.4, 0.5) is 11.4 Å². The fraction of sp³-hybridized carbons (Fsp3) is 0.318. The lowest BCUT2D eigenvalue weighted by atomic mass is 10.1. The van der Waals surface area contributed by atoms with Gasteiger partial charge in [-0.25, -0.2) is 0 Å². The van der Waals surface area contributed by atoms with Crippen LogP contribution in [0.2, 0.25) is 0 Å². The van der Waals surface area contributed by atoms with Gasteiger partial charge in [-0.15, -0.1) is 0 Å². The van der Waals surface area contributed by atoms with Gasteiger partial charge in [-0.3, -0.25) is 14.4 Å². The Morgan fingerprint density at radius 3 is 2.03 bits per heavy atom. The molecule has 2 aromatic carbocycles. The number of piperazine rings is 1. The third kappa shape index (κ3) is 5.42.